The van der Waals surface area contributed by atoms with Gasteiger partial charge in [0.05, 0.1) is 24.5 Å². The van der Waals surface area contributed by atoms with Crippen LogP contribution in [0.25, 0.3) is 26.3 Å². The lowest BCUT2D eigenvalue weighted by atomic mass is 9.98. The Morgan fingerprint density at radius 2 is 2.07 bits per heavy atom. The normalized spacial score (nSPS) is 15.0. The summed E-state index contributed by atoms with van der Waals surface area (Å²) in [5.74, 6) is 0.0150. The van der Waals surface area contributed by atoms with E-state index in [0.717, 1.165) is 18.4 Å². The molecule has 3 aromatic heterocycles. The number of hydrogen-bond donors (Lipinski definition) is 2. The van der Waals surface area contributed by atoms with Gasteiger partial charge in [0.2, 0.25) is 12.2 Å². The highest BCUT2D eigenvalue weighted by Crippen LogP contribution is 2.38. The van der Waals surface area contributed by atoms with Gasteiger partial charge < -0.3 is 15.3 Å². The topological polar surface area (TPSA) is 93.2 Å². The lowest BCUT2D eigenvalue weighted by molar-refractivity contribution is -0.134. The number of carbonyl (C=O) groups is 1. The maximum absolute atomic E-state index is 10.9. The van der Waals surface area contributed by atoms with Crippen molar-refractivity contribution in [2.75, 3.05) is 18.4 Å². The maximum Gasteiger partial charge on any atom is 0.322 e. The number of nitrogens with one attached hydrogen (secondary N) is 1. The van der Waals surface area contributed by atoms with Crippen molar-refractivity contribution in [3.63, 3.8) is 0 Å². The molecule has 1 atom stereocenters. The van der Waals surface area contributed by atoms with Gasteiger partial charge in [0.25, 0.3) is 0 Å². The van der Waals surface area contributed by atoms with Gasteiger partial charge in [-0.05, 0) is 30.9 Å². The molecule has 1 aliphatic carbocycles. The molecule has 0 radical (unpaired) electrons. The molecule has 2 N–H and O–H groups in total. The fourth-order valence-corrected chi connectivity index (χ4v) is 4.26. The maximum atomic E-state index is 10.9. The Morgan fingerprint density at radius 1 is 1.27 bits per heavy atom. The second-order valence-electron chi connectivity index (χ2n) is 7.44. The van der Waals surface area contributed by atoms with Crippen molar-refractivity contribution in [2.45, 2.75) is 31.7 Å². The number of carboxylic acids is 1. The van der Waals surface area contributed by atoms with Crippen molar-refractivity contribution in [2.24, 2.45) is 5.92 Å². The fourth-order valence-electron chi connectivity index (χ4n) is 4.26. The van der Waals surface area contributed by atoms with Gasteiger partial charge in [0.1, 0.15) is 18.4 Å². The zero-order valence-electron chi connectivity index (χ0n) is 16.3. The highest BCUT2D eigenvalue weighted by atomic mass is 16.4. The summed E-state index contributed by atoms with van der Waals surface area (Å²) in [6.07, 6.45) is 9.72. The minimum Gasteiger partial charge on any atom is -0.480 e. The van der Waals surface area contributed by atoms with Gasteiger partial charge in [-0.25, -0.2) is 15.9 Å². The molecule has 0 bridgehead atoms. The Balaban J connectivity index is 1.75. The zero-order chi connectivity index (χ0) is 21.1. The standard InChI is InChI=1S/C21H21N7O2/c1-22-11-18(14-5-3-4-6-14)27-13-15(9-25-27)21-16(23-2)10-26-28-17(21)7-8-19(28)24-12-20(29)30/h7-10,13-14,18,24H,3-6,11-12H2,(H,29,30). The first-order valence-corrected chi connectivity index (χ1v) is 9.84. The molecule has 0 saturated heterocycles. The number of aromatic nitrogens is 4. The zero-order valence-corrected chi connectivity index (χ0v) is 16.3. The van der Waals surface area contributed by atoms with Crippen LogP contribution in [0.3, 0.4) is 0 Å². The van der Waals surface area contributed by atoms with Crippen LogP contribution in [-0.4, -0.2) is 43.6 Å². The predicted molar refractivity (Wildman–Crippen MR) is 111 cm³/mol. The molecular weight excluding hydrogens is 382 g/mol. The number of fused-ring (bicyclic) bond motifs is 1. The number of carboxylic acid groups (broad SMARTS) is 1. The average Bonchev–Trinajstić information content (AvgIpc) is 3.50. The molecule has 9 nitrogen and oxygen atoms in total. The summed E-state index contributed by atoms with van der Waals surface area (Å²) in [5.41, 5.74) is 2.57. The van der Waals surface area contributed by atoms with Gasteiger partial charge in [-0.15, -0.1) is 0 Å². The first-order chi connectivity index (χ1) is 14.6. The first kappa shape index (κ1) is 19.5. The van der Waals surface area contributed by atoms with E-state index in [2.05, 4.69) is 25.2 Å². The van der Waals surface area contributed by atoms with E-state index in [1.807, 2.05) is 16.9 Å². The van der Waals surface area contributed by atoms with Gasteiger partial charge in [-0.3, -0.25) is 9.48 Å². The summed E-state index contributed by atoms with van der Waals surface area (Å²) in [7, 11) is 0. The molecule has 30 heavy (non-hydrogen) atoms. The number of nitrogens with zero attached hydrogens (tertiary/aromatic N) is 6. The van der Waals surface area contributed by atoms with E-state index >= 15 is 0 Å². The quantitative estimate of drug-likeness (QED) is 0.584. The van der Waals surface area contributed by atoms with Crippen LogP contribution in [0, 0.1) is 19.1 Å². The average molecular weight is 403 g/mol. The Kier molecular flexibility index (Phi) is 5.36. The van der Waals surface area contributed by atoms with E-state index in [-0.39, 0.29) is 12.6 Å². The molecular formula is C21H21N7O2. The highest BCUT2D eigenvalue weighted by Gasteiger charge is 2.29. The molecule has 1 aliphatic rings. The fraction of sp³-hybridized carbons (Fsp3) is 0.381. The molecule has 0 aliphatic heterocycles. The molecule has 1 fully saturated rings. The van der Waals surface area contributed by atoms with Crippen LogP contribution in [0.1, 0.15) is 31.7 Å². The summed E-state index contributed by atoms with van der Waals surface area (Å²) >= 11 is 0. The van der Waals surface area contributed by atoms with Crippen LogP contribution in [0.4, 0.5) is 11.5 Å². The van der Waals surface area contributed by atoms with E-state index in [4.69, 9.17) is 18.3 Å². The summed E-state index contributed by atoms with van der Waals surface area (Å²) in [6, 6.07) is 3.59. The Bertz CT molecular complexity index is 1160. The molecule has 3 heterocycles. The van der Waals surface area contributed by atoms with Gasteiger partial charge in [-0.1, -0.05) is 12.8 Å². The minimum absolute atomic E-state index is 0.0348. The van der Waals surface area contributed by atoms with Crippen LogP contribution < -0.4 is 5.32 Å². The van der Waals surface area contributed by atoms with Gasteiger partial charge >= 0.3 is 5.97 Å². The smallest absolute Gasteiger partial charge is 0.322 e. The number of rotatable bonds is 7. The SMILES string of the molecule is [C-]#[N+]CC(C1CCCC1)n1cc(-c2c([N+]#[C-])cnn3c(NCC(=O)O)ccc23)cn1. The minimum atomic E-state index is -0.970. The van der Waals surface area contributed by atoms with Crippen molar-refractivity contribution < 1.29 is 9.90 Å². The number of hydrogen-bond acceptors (Lipinski definition) is 4. The molecule has 4 rings (SSSR count). The van der Waals surface area contributed by atoms with Crippen molar-refractivity contribution in [1.29, 1.82) is 0 Å². The van der Waals surface area contributed by atoms with Crippen LogP contribution in [0.15, 0.2) is 30.7 Å². The van der Waals surface area contributed by atoms with Crippen molar-refractivity contribution in [3.8, 4) is 11.1 Å². The van der Waals surface area contributed by atoms with Crippen LogP contribution >= 0.6 is 0 Å². The van der Waals surface area contributed by atoms with Crippen molar-refractivity contribution >= 4 is 23.0 Å². The third kappa shape index (κ3) is 3.58. The monoisotopic (exact) mass is 403 g/mol. The van der Waals surface area contributed by atoms with E-state index in [1.165, 1.54) is 19.0 Å². The Hall–Kier alpha value is -3.85. The van der Waals surface area contributed by atoms with Crippen LogP contribution in [0.5, 0.6) is 0 Å². The largest absolute Gasteiger partial charge is 0.480 e. The highest BCUT2D eigenvalue weighted by molar-refractivity contribution is 5.91. The number of anilines is 1. The summed E-state index contributed by atoms with van der Waals surface area (Å²) in [5, 5.41) is 20.6. The van der Waals surface area contributed by atoms with E-state index < -0.39 is 5.97 Å². The van der Waals surface area contributed by atoms with E-state index in [0.29, 0.717) is 35.0 Å². The summed E-state index contributed by atoms with van der Waals surface area (Å²) in [4.78, 5) is 18.1. The van der Waals surface area contributed by atoms with Gasteiger partial charge in [-0.2, -0.15) is 10.2 Å². The predicted octanol–water partition coefficient (Wildman–Crippen LogP) is 3.90. The molecule has 3 aromatic rings. The van der Waals surface area contributed by atoms with Crippen LogP contribution in [-0.2, 0) is 4.79 Å². The first-order valence-electron chi connectivity index (χ1n) is 9.84. The van der Waals surface area contributed by atoms with E-state index in [9.17, 15) is 4.79 Å². The molecule has 0 amide bonds. The molecule has 152 valence electrons. The molecule has 0 spiro atoms. The Labute approximate surface area is 173 Å². The lowest BCUT2D eigenvalue weighted by Crippen LogP contribution is -2.20. The molecule has 0 aromatic carbocycles. The van der Waals surface area contributed by atoms with E-state index in [1.54, 1.807) is 16.8 Å². The van der Waals surface area contributed by atoms with Crippen molar-refractivity contribution in [1.82, 2.24) is 19.4 Å². The second kappa shape index (κ2) is 8.26. The number of aliphatic carboxylic acids is 1. The second-order valence-corrected chi connectivity index (χ2v) is 7.44. The Morgan fingerprint density at radius 3 is 2.77 bits per heavy atom. The van der Waals surface area contributed by atoms with Crippen LogP contribution in [0.2, 0.25) is 0 Å². The lowest BCUT2D eigenvalue weighted by Gasteiger charge is -2.18. The third-order valence-electron chi connectivity index (χ3n) is 5.66. The van der Waals surface area contributed by atoms with Gasteiger partial charge in [0, 0.05) is 17.3 Å². The van der Waals surface area contributed by atoms with Gasteiger partial charge in [0.15, 0.2) is 0 Å². The van der Waals surface area contributed by atoms with Crippen molar-refractivity contribution in [3.05, 3.63) is 53.6 Å². The summed E-state index contributed by atoms with van der Waals surface area (Å²) in [6.45, 7) is 15.1. The third-order valence-corrected chi connectivity index (χ3v) is 5.66. The molecule has 9 heteroatoms. The summed E-state index contributed by atoms with van der Waals surface area (Å²) < 4.78 is 3.47. The molecule has 1 unspecified atom stereocenters. The molecule has 1 saturated carbocycles.